The van der Waals surface area contributed by atoms with Crippen molar-refractivity contribution in [1.29, 1.82) is 0 Å². The van der Waals surface area contributed by atoms with Gasteiger partial charge in [0.1, 0.15) is 0 Å². The molecule has 0 radical (unpaired) electrons. The van der Waals surface area contributed by atoms with E-state index < -0.39 is 24.2 Å². The summed E-state index contributed by atoms with van der Waals surface area (Å²) in [6.07, 6.45) is 2.94. The molecule has 1 saturated heterocycles. The predicted octanol–water partition coefficient (Wildman–Crippen LogP) is 3.70. The zero-order chi connectivity index (χ0) is 32.0. The largest absolute Gasteiger partial charge is 0.393 e. The van der Waals surface area contributed by atoms with Crippen LogP contribution >= 0.6 is 0 Å². The summed E-state index contributed by atoms with van der Waals surface area (Å²) in [5, 5.41) is 17.3. The molecule has 4 rings (SSSR count). The third-order valence-corrected chi connectivity index (χ3v) is 7.19. The highest BCUT2D eigenvalue weighted by Gasteiger charge is 2.54. The van der Waals surface area contributed by atoms with Crippen LogP contribution in [-0.2, 0) is 25.5 Å². The van der Waals surface area contributed by atoms with Gasteiger partial charge in [-0.3, -0.25) is 19.2 Å². The lowest BCUT2D eigenvalue weighted by Crippen LogP contribution is -2.51. The van der Waals surface area contributed by atoms with Crippen molar-refractivity contribution in [1.82, 2.24) is 16.0 Å². The minimum Gasteiger partial charge on any atom is -0.393 e. The second-order valence-corrected chi connectivity index (χ2v) is 11.2. The van der Waals surface area contributed by atoms with Gasteiger partial charge in [-0.15, -0.1) is 0 Å². The molecular formula is C35H43N3O6. The van der Waals surface area contributed by atoms with Gasteiger partial charge in [0.05, 0.1) is 25.8 Å². The van der Waals surface area contributed by atoms with Gasteiger partial charge >= 0.3 is 0 Å². The third kappa shape index (κ3) is 10.7. The van der Waals surface area contributed by atoms with E-state index in [4.69, 9.17) is 4.74 Å². The van der Waals surface area contributed by atoms with Crippen LogP contribution in [0.2, 0.25) is 0 Å². The first-order valence-corrected chi connectivity index (χ1v) is 14.9. The number of epoxide rings is 1. The molecular weight excluding hydrogens is 558 g/mol. The summed E-state index contributed by atoms with van der Waals surface area (Å²) in [6.45, 7) is 3.36. The molecule has 1 aliphatic rings. The van der Waals surface area contributed by atoms with Crippen molar-refractivity contribution in [2.45, 2.75) is 51.2 Å². The number of hydrogen-bond donors (Lipinski definition) is 4. The normalized spacial score (nSPS) is 15.8. The first kappa shape index (κ1) is 34.2. The third-order valence-electron chi connectivity index (χ3n) is 7.19. The van der Waals surface area contributed by atoms with E-state index in [2.05, 4.69) is 28.1 Å². The van der Waals surface area contributed by atoms with Gasteiger partial charge in [0.2, 0.25) is 11.8 Å². The Labute approximate surface area is 259 Å². The van der Waals surface area contributed by atoms with E-state index in [0.29, 0.717) is 18.4 Å². The predicted molar refractivity (Wildman–Crippen MR) is 170 cm³/mol. The number of carbonyl (C=O) groups excluding carboxylic acids is 4. The zero-order valence-corrected chi connectivity index (χ0v) is 25.7. The van der Waals surface area contributed by atoms with E-state index >= 15 is 0 Å². The van der Waals surface area contributed by atoms with Crippen molar-refractivity contribution >= 4 is 23.5 Å². The molecule has 2 unspecified atom stereocenters. The Balaban J connectivity index is 0.000000340. The molecule has 9 heteroatoms. The lowest BCUT2D eigenvalue weighted by atomic mass is 9.93. The van der Waals surface area contributed by atoms with Crippen LogP contribution in [0.3, 0.4) is 0 Å². The van der Waals surface area contributed by atoms with Crippen LogP contribution in [0.15, 0.2) is 84.9 Å². The second kappa shape index (κ2) is 17.1. The van der Waals surface area contributed by atoms with Crippen LogP contribution in [0, 0.1) is 5.92 Å². The van der Waals surface area contributed by atoms with Gasteiger partial charge in [-0.1, -0.05) is 86.6 Å². The number of amides is 3. The highest BCUT2D eigenvalue weighted by molar-refractivity contribution is 5.99. The fourth-order valence-electron chi connectivity index (χ4n) is 4.62. The molecule has 234 valence electrons. The Kier molecular flexibility index (Phi) is 13.3. The van der Waals surface area contributed by atoms with Gasteiger partial charge in [0.25, 0.3) is 5.91 Å². The van der Waals surface area contributed by atoms with Crippen molar-refractivity contribution < 1.29 is 29.0 Å². The fraction of sp³-hybridized carbons (Fsp3) is 0.371. The van der Waals surface area contributed by atoms with Crippen LogP contribution in [0.1, 0.15) is 49.0 Å². The number of benzene rings is 3. The van der Waals surface area contributed by atoms with Gasteiger partial charge in [-0.25, -0.2) is 0 Å². The molecule has 3 amide bonds. The molecule has 0 saturated carbocycles. The number of aryl methyl sites for hydroxylation is 1. The average molecular weight is 602 g/mol. The highest BCUT2D eigenvalue weighted by atomic mass is 16.6. The fourth-order valence-corrected chi connectivity index (χ4v) is 4.62. The SMILES string of the molecule is CC(C)CC(NC(=O)CNC(=O)c1cccc(-c2ccccc2)c1)C(=O)C1(CO)CO1.CNC(=O)CCCc1ccccc1. The molecule has 0 spiro atoms. The summed E-state index contributed by atoms with van der Waals surface area (Å²) in [6, 6.07) is 26.3. The Hall–Kier alpha value is -4.34. The number of ketones is 1. The van der Waals surface area contributed by atoms with Crippen LogP contribution < -0.4 is 16.0 Å². The summed E-state index contributed by atoms with van der Waals surface area (Å²) in [5.74, 6) is -0.911. The number of aliphatic hydroxyl groups is 1. The first-order valence-electron chi connectivity index (χ1n) is 14.9. The summed E-state index contributed by atoms with van der Waals surface area (Å²) in [5.41, 5.74) is 2.43. The van der Waals surface area contributed by atoms with Crippen LogP contribution in [-0.4, -0.2) is 67.1 Å². The molecule has 0 aliphatic carbocycles. The highest BCUT2D eigenvalue weighted by Crippen LogP contribution is 2.30. The summed E-state index contributed by atoms with van der Waals surface area (Å²) in [7, 11) is 1.67. The van der Waals surface area contributed by atoms with E-state index in [-0.39, 0.29) is 36.7 Å². The maximum Gasteiger partial charge on any atom is 0.251 e. The molecule has 1 aliphatic heterocycles. The van der Waals surface area contributed by atoms with Crippen molar-refractivity contribution in [2.75, 3.05) is 26.8 Å². The molecule has 0 aromatic heterocycles. The molecule has 3 aromatic carbocycles. The Morgan fingerprint density at radius 2 is 1.52 bits per heavy atom. The van der Waals surface area contributed by atoms with E-state index in [1.54, 1.807) is 25.2 Å². The quantitative estimate of drug-likeness (QED) is 0.208. The van der Waals surface area contributed by atoms with Gasteiger partial charge in [-0.2, -0.15) is 0 Å². The molecule has 9 nitrogen and oxygen atoms in total. The van der Waals surface area contributed by atoms with E-state index in [1.807, 2.05) is 68.4 Å². The molecule has 3 aromatic rings. The van der Waals surface area contributed by atoms with E-state index in [0.717, 1.165) is 24.0 Å². The topological polar surface area (TPSA) is 137 Å². The number of carbonyl (C=O) groups is 4. The standard InChI is InChI=1S/C24H28N2O5.C11H15NO/c1-16(2)11-20(22(29)24(14-27)15-31-24)26-21(28)13-25-23(30)19-10-6-9-18(12-19)17-7-4-3-5-8-17;1-12-11(13)9-5-8-10-6-3-2-4-7-10/h3-10,12,16,20,27H,11,13-15H2,1-2H3,(H,25,30)(H,26,28);2-4,6-7H,5,8-9H2,1H3,(H,12,13). The van der Waals surface area contributed by atoms with Gasteiger partial charge in [0, 0.05) is 19.0 Å². The zero-order valence-electron chi connectivity index (χ0n) is 25.7. The van der Waals surface area contributed by atoms with E-state index in [1.165, 1.54) is 5.56 Å². The summed E-state index contributed by atoms with van der Waals surface area (Å²) >= 11 is 0. The minimum atomic E-state index is -1.20. The van der Waals surface area contributed by atoms with Gasteiger partial charge in [-0.05, 0) is 54.0 Å². The Morgan fingerprint density at radius 1 is 0.886 bits per heavy atom. The lowest BCUT2D eigenvalue weighted by Gasteiger charge is -2.22. The van der Waals surface area contributed by atoms with Crippen LogP contribution in [0.4, 0.5) is 0 Å². The number of rotatable bonds is 14. The number of aliphatic hydroxyl groups excluding tert-OH is 1. The molecule has 0 bridgehead atoms. The number of nitrogens with one attached hydrogen (secondary N) is 3. The Morgan fingerprint density at radius 3 is 2.11 bits per heavy atom. The minimum absolute atomic E-state index is 0.121. The van der Waals surface area contributed by atoms with Crippen molar-refractivity contribution in [3.8, 4) is 11.1 Å². The molecule has 1 heterocycles. The molecule has 4 N–H and O–H groups in total. The van der Waals surface area contributed by atoms with Crippen molar-refractivity contribution in [3.05, 3.63) is 96.1 Å². The molecule has 2 atom stereocenters. The van der Waals surface area contributed by atoms with Gasteiger partial charge < -0.3 is 25.8 Å². The van der Waals surface area contributed by atoms with Gasteiger partial charge in [0.15, 0.2) is 11.4 Å². The Bertz CT molecular complexity index is 1370. The maximum absolute atomic E-state index is 12.7. The van der Waals surface area contributed by atoms with E-state index in [9.17, 15) is 24.3 Å². The lowest BCUT2D eigenvalue weighted by molar-refractivity contribution is -0.131. The smallest absolute Gasteiger partial charge is 0.251 e. The number of hydrogen-bond acceptors (Lipinski definition) is 6. The number of Topliss-reactive ketones (excluding diaryl/α,β-unsaturated/α-hetero) is 1. The van der Waals surface area contributed by atoms with Crippen molar-refractivity contribution in [2.24, 2.45) is 5.92 Å². The monoisotopic (exact) mass is 601 g/mol. The first-order chi connectivity index (χ1) is 21.2. The van der Waals surface area contributed by atoms with Crippen molar-refractivity contribution in [3.63, 3.8) is 0 Å². The maximum atomic E-state index is 12.7. The van der Waals surface area contributed by atoms with Crippen LogP contribution in [0.25, 0.3) is 11.1 Å². The number of ether oxygens (including phenoxy) is 1. The van der Waals surface area contributed by atoms with Crippen LogP contribution in [0.5, 0.6) is 0 Å². The molecule has 1 fully saturated rings. The second-order valence-electron chi connectivity index (χ2n) is 11.2. The molecule has 44 heavy (non-hydrogen) atoms. The summed E-state index contributed by atoms with van der Waals surface area (Å²) in [4.78, 5) is 48.5. The summed E-state index contributed by atoms with van der Waals surface area (Å²) < 4.78 is 5.13. The average Bonchev–Trinajstić information content (AvgIpc) is 3.85.